The van der Waals surface area contributed by atoms with Crippen LogP contribution in [0.1, 0.15) is 18.7 Å². The minimum Gasteiger partial charge on any atom is -0.497 e. The van der Waals surface area contributed by atoms with Gasteiger partial charge in [-0.1, -0.05) is 5.16 Å². The molecule has 1 unspecified atom stereocenters. The molecule has 1 N–H and O–H groups in total. The molecule has 0 spiro atoms. The molecule has 0 radical (unpaired) electrons. The molecular weight excluding hydrogens is 298 g/mol. The van der Waals surface area contributed by atoms with Crippen LogP contribution in [0, 0.1) is 0 Å². The lowest BCUT2D eigenvalue weighted by atomic mass is 10.2. The molecule has 0 saturated carbocycles. The summed E-state index contributed by atoms with van der Waals surface area (Å²) >= 11 is 0. The summed E-state index contributed by atoms with van der Waals surface area (Å²) in [5.74, 6) is 1.09. The lowest BCUT2D eigenvalue weighted by molar-refractivity contribution is -0.117. The number of likely N-dealkylation sites (N-methyl/N-ethyl adjacent to an activating group) is 1. The molecule has 0 aliphatic heterocycles. The average Bonchev–Trinajstić information content (AvgIpc) is 3.07. The Morgan fingerprint density at radius 1 is 1.30 bits per heavy atom. The highest BCUT2D eigenvalue weighted by molar-refractivity contribution is 5.92. The molecule has 1 aromatic carbocycles. The summed E-state index contributed by atoms with van der Waals surface area (Å²) in [5, 5.41) is 6.73. The van der Waals surface area contributed by atoms with Crippen molar-refractivity contribution >= 4 is 11.6 Å². The number of amides is 1. The van der Waals surface area contributed by atoms with Gasteiger partial charge in [0.25, 0.3) is 0 Å². The second-order valence-corrected chi connectivity index (χ2v) is 5.16. The summed E-state index contributed by atoms with van der Waals surface area (Å²) in [4.78, 5) is 14.1. The molecule has 2 aromatic rings. The summed E-state index contributed by atoms with van der Waals surface area (Å²) < 4.78 is 15.2. The number of anilines is 1. The molecule has 0 aliphatic rings. The van der Waals surface area contributed by atoms with Crippen LogP contribution >= 0.6 is 0 Å². The Bertz CT molecular complexity index is 621. The number of nitrogens with one attached hydrogen (secondary N) is 1. The largest absolute Gasteiger partial charge is 0.497 e. The van der Waals surface area contributed by atoms with Crippen molar-refractivity contribution in [1.29, 1.82) is 0 Å². The zero-order valence-electron chi connectivity index (χ0n) is 13.7. The highest BCUT2D eigenvalue weighted by atomic mass is 16.5. The maximum atomic E-state index is 12.2. The van der Waals surface area contributed by atoms with Crippen molar-refractivity contribution in [2.24, 2.45) is 0 Å². The van der Waals surface area contributed by atoms with Crippen molar-refractivity contribution in [2.75, 3.05) is 33.1 Å². The van der Waals surface area contributed by atoms with Gasteiger partial charge in [0.2, 0.25) is 5.91 Å². The Hall–Kier alpha value is -2.54. The first-order valence-corrected chi connectivity index (χ1v) is 7.17. The molecule has 0 bridgehead atoms. The van der Waals surface area contributed by atoms with E-state index in [0.717, 1.165) is 5.69 Å². The SMILES string of the molecule is COc1cc(NC(=O)CN(C)C(C)c2ccon2)cc(OC)c1. The van der Waals surface area contributed by atoms with E-state index in [1.807, 2.05) is 18.9 Å². The molecule has 1 amide bonds. The lowest BCUT2D eigenvalue weighted by Gasteiger charge is -2.22. The molecule has 7 heteroatoms. The van der Waals surface area contributed by atoms with Crippen molar-refractivity contribution in [3.63, 3.8) is 0 Å². The van der Waals surface area contributed by atoms with Gasteiger partial charge < -0.3 is 19.3 Å². The first-order valence-electron chi connectivity index (χ1n) is 7.17. The Morgan fingerprint density at radius 2 is 1.96 bits per heavy atom. The van der Waals surface area contributed by atoms with Crippen LogP contribution in [-0.4, -0.2) is 43.8 Å². The topological polar surface area (TPSA) is 76.8 Å². The van der Waals surface area contributed by atoms with Gasteiger partial charge >= 0.3 is 0 Å². The van der Waals surface area contributed by atoms with Gasteiger partial charge in [-0.15, -0.1) is 0 Å². The van der Waals surface area contributed by atoms with Crippen molar-refractivity contribution in [3.05, 3.63) is 36.2 Å². The van der Waals surface area contributed by atoms with Crippen LogP contribution in [0.3, 0.4) is 0 Å². The fourth-order valence-electron chi connectivity index (χ4n) is 2.11. The van der Waals surface area contributed by atoms with Gasteiger partial charge in [0.1, 0.15) is 23.5 Å². The van der Waals surface area contributed by atoms with Crippen LogP contribution in [0.5, 0.6) is 11.5 Å². The molecule has 1 heterocycles. The van der Waals surface area contributed by atoms with E-state index in [-0.39, 0.29) is 18.5 Å². The third-order valence-electron chi connectivity index (χ3n) is 3.58. The van der Waals surface area contributed by atoms with Crippen molar-refractivity contribution in [3.8, 4) is 11.5 Å². The normalized spacial score (nSPS) is 12.0. The number of hydrogen-bond acceptors (Lipinski definition) is 6. The highest BCUT2D eigenvalue weighted by Gasteiger charge is 2.17. The molecule has 0 saturated heterocycles. The summed E-state index contributed by atoms with van der Waals surface area (Å²) in [7, 11) is 4.98. The smallest absolute Gasteiger partial charge is 0.238 e. The molecular formula is C16H21N3O4. The molecule has 2 rings (SSSR count). The van der Waals surface area contributed by atoms with Gasteiger partial charge in [-0.3, -0.25) is 9.69 Å². The third kappa shape index (κ3) is 4.46. The van der Waals surface area contributed by atoms with Gasteiger partial charge in [0.15, 0.2) is 0 Å². The minimum atomic E-state index is -0.141. The molecule has 23 heavy (non-hydrogen) atoms. The van der Waals surface area contributed by atoms with Gasteiger partial charge in [-0.05, 0) is 14.0 Å². The van der Waals surface area contributed by atoms with E-state index in [1.54, 1.807) is 38.5 Å². The summed E-state index contributed by atoms with van der Waals surface area (Å²) in [6, 6.07) is 6.97. The Morgan fingerprint density at radius 3 is 2.48 bits per heavy atom. The van der Waals surface area contributed by atoms with Gasteiger partial charge in [-0.25, -0.2) is 0 Å². The fourth-order valence-corrected chi connectivity index (χ4v) is 2.11. The van der Waals surface area contributed by atoms with Gasteiger partial charge in [0, 0.05) is 30.0 Å². The Labute approximate surface area is 135 Å². The number of hydrogen-bond donors (Lipinski definition) is 1. The predicted octanol–water partition coefficient (Wildman–Crippen LogP) is 2.32. The standard InChI is InChI=1S/C16H21N3O4/c1-11(15-5-6-23-18-15)19(2)10-16(20)17-12-7-13(21-3)9-14(8-12)22-4/h5-9,11H,10H2,1-4H3,(H,17,20). The summed E-state index contributed by atoms with van der Waals surface area (Å²) in [6.45, 7) is 2.17. The van der Waals surface area contributed by atoms with Crippen molar-refractivity contribution < 1.29 is 18.8 Å². The first-order chi connectivity index (χ1) is 11.0. The summed E-state index contributed by atoms with van der Waals surface area (Å²) in [5.41, 5.74) is 1.40. The van der Waals surface area contributed by atoms with E-state index in [9.17, 15) is 4.79 Å². The van der Waals surface area contributed by atoms with E-state index in [4.69, 9.17) is 14.0 Å². The number of ether oxygens (including phenoxy) is 2. The first kappa shape index (κ1) is 16.8. The van der Waals surface area contributed by atoms with Crippen molar-refractivity contribution in [2.45, 2.75) is 13.0 Å². The maximum Gasteiger partial charge on any atom is 0.238 e. The molecule has 1 atom stereocenters. The number of nitrogens with zero attached hydrogens (tertiary/aromatic N) is 2. The van der Waals surface area contributed by atoms with E-state index in [2.05, 4.69) is 10.5 Å². The minimum absolute atomic E-state index is 0.0284. The van der Waals surface area contributed by atoms with E-state index >= 15 is 0 Å². The van der Waals surface area contributed by atoms with Crippen LogP contribution in [0.25, 0.3) is 0 Å². The second kappa shape index (κ2) is 7.64. The maximum absolute atomic E-state index is 12.2. The van der Waals surface area contributed by atoms with Crippen molar-refractivity contribution in [1.82, 2.24) is 10.1 Å². The monoisotopic (exact) mass is 319 g/mol. The van der Waals surface area contributed by atoms with Crippen LogP contribution in [-0.2, 0) is 4.79 Å². The lowest BCUT2D eigenvalue weighted by Crippen LogP contribution is -2.32. The highest BCUT2D eigenvalue weighted by Crippen LogP contribution is 2.25. The number of aromatic nitrogens is 1. The van der Waals surface area contributed by atoms with Gasteiger partial charge in [-0.2, -0.15) is 0 Å². The van der Waals surface area contributed by atoms with Crippen LogP contribution in [0.4, 0.5) is 5.69 Å². The van der Waals surface area contributed by atoms with E-state index < -0.39 is 0 Å². The fraction of sp³-hybridized carbons (Fsp3) is 0.375. The second-order valence-electron chi connectivity index (χ2n) is 5.16. The number of methoxy groups -OCH3 is 2. The van der Waals surface area contributed by atoms with Gasteiger partial charge in [0.05, 0.1) is 26.8 Å². The summed E-state index contributed by atoms with van der Waals surface area (Å²) in [6.07, 6.45) is 1.52. The van der Waals surface area contributed by atoms with Crippen LogP contribution in [0.15, 0.2) is 35.1 Å². The van der Waals surface area contributed by atoms with E-state index in [0.29, 0.717) is 17.2 Å². The molecule has 0 aliphatic carbocycles. The van der Waals surface area contributed by atoms with E-state index in [1.165, 1.54) is 6.26 Å². The average molecular weight is 319 g/mol. The zero-order valence-corrected chi connectivity index (χ0v) is 13.7. The molecule has 0 fully saturated rings. The molecule has 124 valence electrons. The zero-order chi connectivity index (χ0) is 16.8. The Kier molecular flexibility index (Phi) is 5.59. The Balaban J connectivity index is 1.99. The van der Waals surface area contributed by atoms with Crippen LogP contribution < -0.4 is 14.8 Å². The predicted molar refractivity (Wildman–Crippen MR) is 85.7 cm³/mol. The number of carbonyl (C=O) groups excluding carboxylic acids is 1. The number of rotatable bonds is 7. The molecule has 7 nitrogen and oxygen atoms in total. The third-order valence-corrected chi connectivity index (χ3v) is 3.58. The van der Waals surface area contributed by atoms with Crippen LogP contribution in [0.2, 0.25) is 0 Å². The quantitative estimate of drug-likeness (QED) is 0.844. The number of carbonyl (C=O) groups is 1. The molecule has 1 aromatic heterocycles. The number of benzene rings is 1.